The van der Waals surface area contributed by atoms with Gasteiger partial charge < -0.3 is 14.8 Å². The minimum atomic E-state index is -0.0293. The monoisotopic (exact) mass is 264 g/mol. The maximum absolute atomic E-state index is 12.0. The van der Waals surface area contributed by atoms with Crippen molar-refractivity contribution < 1.29 is 0 Å². The van der Waals surface area contributed by atoms with Gasteiger partial charge in [0, 0.05) is 32.0 Å². The fourth-order valence-electron chi connectivity index (χ4n) is 2.56. The molecule has 1 aromatic rings. The van der Waals surface area contributed by atoms with Crippen LogP contribution >= 0.6 is 0 Å². The lowest BCUT2D eigenvalue weighted by atomic mass is 10.1. The van der Waals surface area contributed by atoms with Crippen molar-refractivity contribution in [2.75, 3.05) is 31.5 Å². The van der Waals surface area contributed by atoms with E-state index in [1.165, 1.54) is 25.9 Å². The van der Waals surface area contributed by atoms with Crippen molar-refractivity contribution in [3.63, 3.8) is 0 Å². The third-order valence-corrected chi connectivity index (χ3v) is 3.64. The highest BCUT2D eigenvalue weighted by Crippen LogP contribution is 2.10. The summed E-state index contributed by atoms with van der Waals surface area (Å²) in [6.45, 7) is 9.19. The van der Waals surface area contributed by atoms with Crippen molar-refractivity contribution in [3.05, 3.63) is 22.7 Å². The molecule has 1 atom stereocenters. The van der Waals surface area contributed by atoms with Crippen molar-refractivity contribution in [2.24, 2.45) is 5.92 Å². The number of nitrogens with zero attached hydrogens (tertiary/aromatic N) is 3. The number of aromatic nitrogens is 2. The second-order valence-electron chi connectivity index (χ2n) is 5.36. The van der Waals surface area contributed by atoms with Gasteiger partial charge in [-0.15, -0.1) is 0 Å². The number of anilines is 1. The molecule has 1 saturated heterocycles. The fourth-order valence-corrected chi connectivity index (χ4v) is 2.56. The molecule has 1 aliphatic heterocycles. The van der Waals surface area contributed by atoms with E-state index in [2.05, 4.69) is 22.1 Å². The van der Waals surface area contributed by atoms with E-state index in [1.54, 1.807) is 17.0 Å². The fraction of sp³-hybridized carbons (Fsp3) is 0.714. The minimum Gasteiger partial charge on any atom is -0.365 e. The second kappa shape index (κ2) is 6.70. The molecule has 1 fully saturated rings. The maximum atomic E-state index is 12.0. The molecule has 0 spiro atoms. The Kier molecular flexibility index (Phi) is 4.96. The first kappa shape index (κ1) is 14.1. The van der Waals surface area contributed by atoms with Crippen LogP contribution in [-0.4, -0.2) is 40.6 Å². The summed E-state index contributed by atoms with van der Waals surface area (Å²) in [4.78, 5) is 18.6. The number of hydrogen-bond acceptors (Lipinski definition) is 4. The van der Waals surface area contributed by atoms with E-state index < -0.39 is 0 Å². The van der Waals surface area contributed by atoms with E-state index in [0.29, 0.717) is 18.3 Å². The van der Waals surface area contributed by atoms with E-state index in [1.807, 2.05) is 6.92 Å². The zero-order valence-corrected chi connectivity index (χ0v) is 11.9. The van der Waals surface area contributed by atoms with Crippen molar-refractivity contribution in [3.8, 4) is 0 Å². The molecule has 2 rings (SSSR count). The summed E-state index contributed by atoms with van der Waals surface area (Å²) in [5.41, 5.74) is -0.0293. The van der Waals surface area contributed by atoms with Crippen LogP contribution in [0.1, 0.15) is 26.7 Å². The predicted molar refractivity (Wildman–Crippen MR) is 77.5 cm³/mol. The lowest BCUT2D eigenvalue weighted by Gasteiger charge is -2.20. The average Bonchev–Trinajstić information content (AvgIpc) is 2.90. The molecule has 0 bridgehead atoms. The van der Waals surface area contributed by atoms with Crippen LogP contribution in [0.2, 0.25) is 0 Å². The topological polar surface area (TPSA) is 50.2 Å². The Bertz CT molecular complexity index is 451. The highest BCUT2D eigenvalue weighted by Gasteiger charge is 2.15. The van der Waals surface area contributed by atoms with Gasteiger partial charge in [0.1, 0.15) is 0 Å². The first-order valence-electron chi connectivity index (χ1n) is 7.22. The summed E-state index contributed by atoms with van der Waals surface area (Å²) in [7, 11) is 0. The lowest BCUT2D eigenvalue weighted by molar-refractivity contribution is 0.294. The van der Waals surface area contributed by atoms with Crippen LogP contribution in [0, 0.1) is 5.92 Å². The molecule has 106 valence electrons. The van der Waals surface area contributed by atoms with Gasteiger partial charge in [-0.3, -0.25) is 4.79 Å². The normalized spacial score (nSPS) is 17.6. The Morgan fingerprint density at radius 2 is 2.16 bits per heavy atom. The van der Waals surface area contributed by atoms with Gasteiger partial charge in [-0.1, -0.05) is 6.92 Å². The van der Waals surface area contributed by atoms with E-state index in [-0.39, 0.29) is 5.56 Å². The number of nitrogens with one attached hydrogen (secondary N) is 1. The van der Waals surface area contributed by atoms with Crippen LogP contribution in [-0.2, 0) is 6.54 Å². The summed E-state index contributed by atoms with van der Waals surface area (Å²) in [6, 6.07) is 0. The predicted octanol–water partition coefficient (Wildman–Crippen LogP) is 1.41. The highest BCUT2D eigenvalue weighted by molar-refractivity contribution is 5.30. The van der Waals surface area contributed by atoms with Gasteiger partial charge in [-0.05, 0) is 38.8 Å². The molecule has 0 aromatic carbocycles. The maximum Gasteiger partial charge on any atom is 0.293 e. The third-order valence-electron chi connectivity index (χ3n) is 3.64. The van der Waals surface area contributed by atoms with Crippen LogP contribution < -0.4 is 10.9 Å². The lowest BCUT2D eigenvalue weighted by Crippen LogP contribution is -2.31. The van der Waals surface area contributed by atoms with Gasteiger partial charge >= 0.3 is 0 Å². The van der Waals surface area contributed by atoms with Gasteiger partial charge in [0.15, 0.2) is 5.82 Å². The van der Waals surface area contributed by atoms with Crippen molar-refractivity contribution in [2.45, 2.75) is 33.2 Å². The Morgan fingerprint density at radius 3 is 2.84 bits per heavy atom. The minimum absolute atomic E-state index is 0.0293. The molecule has 5 heteroatoms. The quantitative estimate of drug-likeness (QED) is 0.844. The second-order valence-corrected chi connectivity index (χ2v) is 5.36. The Balaban J connectivity index is 1.86. The molecular weight excluding hydrogens is 240 g/mol. The van der Waals surface area contributed by atoms with Crippen LogP contribution in [0.5, 0.6) is 0 Å². The van der Waals surface area contributed by atoms with Gasteiger partial charge in [0.05, 0.1) is 0 Å². The van der Waals surface area contributed by atoms with Crippen LogP contribution in [0.25, 0.3) is 0 Å². The Labute approximate surface area is 114 Å². The Hall–Kier alpha value is -1.36. The summed E-state index contributed by atoms with van der Waals surface area (Å²) >= 11 is 0. The van der Waals surface area contributed by atoms with Crippen LogP contribution in [0.15, 0.2) is 17.2 Å². The van der Waals surface area contributed by atoms with E-state index in [0.717, 1.165) is 13.1 Å². The summed E-state index contributed by atoms with van der Waals surface area (Å²) in [6.07, 6.45) is 6.04. The van der Waals surface area contributed by atoms with Gasteiger partial charge in [0.25, 0.3) is 5.56 Å². The van der Waals surface area contributed by atoms with Crippen molar-refractivity contribution in [1.29, 1.82) is 0 Å². The largest absolute Gasteiger partial charge is 0.365 e. The first-order chi connectivity index (χ1) is 9.20. The molecular formula is C14H24N4O. The SMILES string of the molecule is CCn1ccnc(NCC(C)CN2CCCC2)c1=O. The molecule has 2 heterocycles. The average molecular weight is 264 g/mol. The zero-order chi connectivity index (χ0) is 13.7. The molecule has 1 N–H and O–H groups in total. The number of hydrogen-bond donors (Lipinski definition) is 1. The Morgan fingerprint density at radius 1 is 1.42 bits per heavy atom. The summed E-state index contributed by atoms with van der Waals surface area (Å²) in [5, 5.41) is 3.19. The first-order valence-corrected chi connectivity index (χ1v) is 7.22. The van der Waals surface area contributed by atoms with Gasteiger partial charge in [-0.25, -0.2) is 4.98 Å². The number of rotatable bonds is 6. The van der Waals surface area contributed by atoms with Crippen molar-refractivity contribution >= 4 is 5.82 Å². The van der Waals surface area contributed by atoms with Crippen LogP contribution in [0.4, 0.5) is 5.82 Å². The molecule has 0 radical (unpaired) electrons. The molecule has 5 nitrogen and oxygen atoms in total. The van der Waals surface area contributed by atoms with Crippen molar-refractivity contribution in [1.82, 2.24) is 14.5 Å². The molecule has 0 saturated carbocycles. The molecule has 0 aliphatic carbocycles. The third kappa shape index (κ3) is 3.80. The zero-order valence-electron chi connectivity index (χ0n) is 11.9. The molecule has 1 aromatic heterocycles. The standard InChI is InChI=1S/C14H24N4O/c1-3-18-9-6-15-13(14(18)19)16-10-12(2)11-17-7-4-5-8-17/h6,9,12H,3-5,7-8,10-11H2,1-2H3,(H,15,16). The van der Waals surface area contributed by atoms with E-state index in [4.69, 9.17) is 0 Å². The van der Waals surface area contributed by atoms with Gasteiger partial charge in [0.2, 0.25) is 0 Å². The number of aryl methyl sites for hydroxylation is 1. The summed E-state index contributed by atoms with van der Waals surface area (Å²) in [5.74, 6) is 0.993. The molecule has 19 heavy (non-hydrogen) atoms. The van der Waals surface area contributed by atoms with E-state index in [9.17, 15) is 4.79 Å². The highest BCUT2D eigenvalue weighted by atomic mass is 16.1. The molecule has 1 aliphatic rings. The smallest absolute Gasteiger partial charge is 0.293 e. The summed E-state index contributed by atoms with van der Waals surface area (Å²) < 4.78 is 1.67. The van der Waals surface area contributed by atoms with E-state index >= 15 is 0 Å². The molecule has 1 unspecified atom stereocenters. The number of likely N-dealkylation sites (tertiary alicyclic amines) is 1. The van der Waals surface area contributed by atoms with Gasteiger partial charge in [-0.2, -0.15) is 0 Å². The molecule has 0 amide bonds. The van der Waals surface area contributed by atoms with Crippen LogP contribution in [0.3, 0.4) is 0 Å².